The summed E-state index contributed by atoms with van der Waals surface area (Å²) >= 11 is 1.29. The van der Waals surface area contributed by atoms with E-state index in [1.165, 1.54) is 24.2 Å². The van der Waals surface area contributed by atoms with E-state index in [1.807, 2.05) is 19.1 Å². The fourth-order valence-corrected chi connectivity index (χ4v) is 3.39. The SMILES string of the molecule is Cc1nc(-c2ncccn2)sc1C(=O)NCc1ccc(OCC2CC2)nc1. The zero-order chi connectivity index (χ0) is 18.6. The van der Waals surface area contributed by atoms with Crippen LogP contribution in [0.3, 0.4) is 0 Å². The Kier molecular flexibility index (Phi) is 5.06. The summed E-state index contributed by atoms with van der Waals surface area (Å²) in [5.74, 6) is 1.68. The molecule has 1 aliphatic rings. The molecule has 0 bridgehead atoms. The fraction of sp³-hybridized carbons (Fsp3) is 0.316. The Bertz CT molecular complexity index is 923. The maximum Gasteiger partial charge on any atom is 0.263 e. The molecule has 3 heterocycles. The van der Waals surface area contributed by atoms with Crippen molar-refractivity contribution >= 4 is 17.2 Å². The van der Waals surface area contributed by atoms with Gasteiger partial charge in [-0.15, -0.1) is 11.3 Å². The molecule has 3 aromatic rings. The van der Waals surface area contributed by atoms with Crippen LogP contribution < -0.4 is 10.1 Å². The van der Waals surface area contributed by atoms with Gasteiger partial charge in [-0.3, -0.25) is 4.79 Å². The molecule has 0 atom stereocenters. The van der Waals surface area contributed by atoms with Crippen LogP contribution in [0, 0.1) is 12.8 Å². The number of nitrogens with one attached hydrogen (secondary N) is 1. The lowest BCUT2D eigenvalue weighted by molar-refractivity contribution is 0.0954. The van der Waals surface area contributed by atoms with Gasteiger partial charge in [-0.25, -0.2) is 19.9 Å². The van der Waals surface area contributed by atoms with E-state index in [4.69, 9.17) is 4.74 Å². The van der Waals surface area contributed by atoms with Crippen LogP contribution in [0.1, 0.15) is 33.8 Å². The maximum atomic E-state index is 12.5. The van der Waals surface area contributed by atoms with Crippen molar-refractivity contribution in [2.75, 3.05) is 6.61 Å². The molecule has 8 heteroatoms. The van der Waals surface area contributed by atoms with Crippen molar-refractivity contribution in [1.82, 2.24) is 25.3 Å². The Balaban J connectivity index is 1.35. The molecule has 1 amide bonds. The summed E-state index contributed by atoms with van der Waals surface area (Å²) in [6.07, 6.45) is 7.54. The zero-order valence-electron chi connectivity index (χ0n) is 14.9. The van der Waals surface area contributed by atoms with Crippen LogP contribution in [-0.4, -0.2) is 32.4 Å². The zero-order valence-corrected chi connectivity index (χ0v) is 15.7. The van der Waals surface area contributed by atoms with Gasteiger partial charge in [-0.1, -0.05) is 6.07 Å². The molecule has 1 saturated carbocycles. The van der Waals surface area contributed by atoms with Gasteiger partial charge in [0.1, 0.15) is 4.88 Å². The highest BCUT2D eigenvalue weighted by Gasteiger charge is 2.22. The van der Waals surface area contributed by atoms with E-state index in [0.29, 0.717) is 39.7 Å². The predicted molar refractivity (Wildman–Crippen MR) is 102 cm³/mol. The molecule has 4 rings (SSSR count). The Labute approximate surface area is 160 Å². The summed E-state index contributed by atoms with van der Waals surface area (Å²) in [5, 5.41) is 3.55. The van der Waals surface area contributed by atoms with E-state index < -0.39 is 0 Å². The first-order valence-electron chi connectivity index (χ1n) is 8.80. The molecule has 0 radical (unpaired) electrons. The predicted octanol–water partition coefficient (Wildman–Crippen LogP) is 3.02. The molecule has 0 aromatic carbocycles. The number of nitrogens with zero attached hydrogens (tertiary/aromatic N) is 4. The van der Waals surface area contributed by atoms with Gasteiger partial charge < -0.3 is 10.1 Å². The summed E-state index contributed by atoms with van der Waals surface area (Å²) in [4.78, 5) is 30.1. The molecular weight excluding hydrogens is 362 g/mol. The van der Waals surface area contributed by atoms with Crippen LogP contribution in [0.5, 0.6) is 5.88 Å². The van der Waals surface area contributed by atoms with Crippen molar-refractivity contribution < 1.29 is 9.53 Å². The van der Waals surface area contributed by atoms with Gasteiger partial charge in [0.15, 0.2) is 10.8 Å². The minimum atomic E-state index is -0.166. The number of aromatic nitrogens is 4. The monoisotopic (exact) mass is 381 g/mol. The van der Waals surface area contributed by atoms with E-state index in [2.05, 4.69) is 25.3 Å². The molecular formula is C19H19N5O2S. The minimum absolute atomic E-state index is 0.166. The van der Waals surface area contributed by atoms with Gasteiger partial charge in [0.2, 0.25) is 5.88 Å². The van der Waals surface area contributed by atoms with E-state index in [1.54, 1.807) is 24.7 Å². The number of carbonyl (C=O) groups excluding carboxylic acids is 1. The normalized spacial score (nSPS) is 13.4. The van der Waals surface area contributed by atoms with Gasteiger partial charge >= 0.3 is 0 Å². The first-order chi connectivity index (χ1) is 13.2. The van der Waals surface area contributed by atoms with Crippen LogP contribution in [0.15, 0.2) is 36.8 Å². The van der Waals surface area contributed by atoms with Gasteiger partial charge in [0.05, 0.1) is 12.3 Å². The summed E-state index contributed by atoms with van der Waals surface area (Å²) in [6.45, 7) is 2.94. The molecule has 3 aromatic heterocycles. The lowest BCUT2D eigenvalue weighted by Gasteiger charge is -2.06. The van der Waals surface area contributed by atoms with E-state index >= 15 is 0 Å². The van der Waals surface area contributed by atoms with Gasteiger partial charge in [-0.2, -0.15) is 0 Å². The van der Waals surface area contributed by atoms with Gasteiger partial charge in [0, 0.05) is 31.2 Å². The number of amides is 1. The lowest BCUT2D eigenvalue weighted by Crippen LogP contribution is -2.22. The summed E-state index contributed by atoms with van der Waals surface area (Å²) < 4.78 is 5.62. The molecule has 1 aliphatic carbocycles. The van der Waals surface area contributed by atoms with Crippen molar-refractivity contribution in [2.45, 2.75) is 26.3 Å². The van der Waals surface area contributed by atoms with Crippen molar-refractivity contribution in [3.63, 3.8) is 0 Å². The third kappa shape index (κ3) is 4.46. The topological polar surface area (TPSA) is 89.9 Å². The molecule has 0 saturated heterocycles. The van der Waals surface area contributed by atoms with Gasteiger partial charge in [0.25, 0.3) is 5.91 Å². The molecule has 0 aliphatic heterocycles. The van der Waals surface area contributed by atoms with Crippen molar-refractivity contribution in [2.24, 2.45) is 5.92 Å². The van der Waals surface area contributed by atoms with E-state index in [0.717, 1.165) is 12.2 Å². The van der Waals surface area contributed by atoms with Crippen molar-refractivity contribution in [3.8, 4) is 16.7 Å². The highest BCUT2D eigenvalue weighted by molar-refractivity contribution is 7.17. The van der Waals surface area contributed by atoms with Crippen LogP contribution in [0.4, 0.5) is 0 Å². The largest absolute Gasteiger partial charge is 0.477 e. The summed E-state index contributed by atoms with van der Waals surface area (Å²) in [6, 6.07) is 5.50. The maximum absolute atomic E-state index is 12.5. The minimum Gasteiger partial charge on any atom is -0.477 e. The summed E-state index contributed by atoms with van der Waals surface area (Å²) in [7, 11) is 0. The molecule has 0 unspecified atom stereocenters. The molecule has 0 spiro atoms. The average molecular weight is 381 g/mol. The number of thiazole rings is 1. The number of hydrogen-bond acceptors (Lipinski definition) is 7. The van der Waals surface area contributed by atoms with Crippen LogP contribution in [-0.2, 0) is 6.54 Å². The third-order valence-corrected chi connectivity index (χ3v) is 5.33. The third-order valence-electron chi connectivity index (χ3n) is 4.17. The quantitative estimate of drug-likeness (QED) is 0.677. The number of pyridine rings is 1. The van der Waals surface area contributed by atoms with E-state index in [9.17, 15) is 4.79 Å². The molecule has 1 N–H and O–H groups in total. The first kappa shape index (κ1) is 17.5. The molecule has 138 valence electrons. The number of rotatable bonds is 7. The fourth-order valence-electron chi connectivity index (χ4n) is 2.46. The Morgan fingerprint density at radius 2 is 2.07 bits per heavy atom. The number of carbonyl (C=O) groups is 1. The van der Waals surface area contributed by atoms with Crippen LogP contribution in [0.25, 0.3) is 10.8 Å². The Morgan fingerprint density at radius 1 is 1.26 bits per heavy atom. The Hall–Kier alpha value is -2.87. The smallest absolute Gasteiger partial charge is 0.263 e. The van der Waals surface area contributed by atoms with Crippen molar-refractivity contribution in [3.05, 3.63) is 52.9 Å². The first-order valence-corrected chi connectivity index (χ1v) is 9.61. The standard InChI is InChI=1S/C19H19N5O2S/c1-12-16(27-19(24-12)17-20-7-2-8-21-17)18(25)23-10-14-5-6-15(22-9-14)26-11-13-3-4-13/h2,5-9,13H,3-4,10-11H2,1H3,(H,23,25). The second kappa shape index (κ2) is 7.79. The summed E-state index contributed by atoms with van der Waals surface area (Å²) in [5.41, 5.74) is 1.58. The van der Waals surface area contributed by atoms with Gasteiger partial charge in [-0.05, 0) is 37.3 Å². The second-order valence-corrected chi connectivity index (χ2v) is 7.45. The number of ether oxygens (including phenoxy) is 1. The number of hydrogen-bond donors (Lipinski definition) is 1. The Morgan fingerprint density at radius 3 is 2.78 bits per heavy atom. The highest BCUT2D eigenvalue weighted by atomic mass is 32.1. The number of aryl methyl sites for hydroxylation is 1. The molecule has 27 heavy (non-hydrogen) atoms. The molecule has 1 fully saturated rings. The van der Waals surface area contributed by atoms with Crippen LogP contribution in [0.2, 0.25) is 0 Å². The van der Waals surface area contributed by atoms with E-state index in [-0.39, 0.29) is 5.91 Å². The van der Waals surface area contributed by atoms with Crippen LogP contribution >= 0.6 is 11.3 Å². The lowest BCUT2D eigenvalue weighted by atomic mass is 10.3. The van der Waals surface area contributed by atoms with Crippen molar-refractivity contribution in [1.29, 1.82) is 0 Å². The molecule has 7 nitrogen and oxygen atoms in total. The second-order valence-electron chi connectivity index (χ2n) is 6.45. The average Bonchev–Trinajstić information content (AvgIpc) is 3.46. The highest BCUT2D eigenvalue weighted by Crippen LogP contribution is 2.29.